The molecule has 0 bridgehead atoms. The van der Waals surface area contributed by atoms with Gasteiger partial charge >= 0.3 is 0 Å². The van der Waals surface area contributed by atoms with Crippen LogP contribution in [0.25, 0.3) is 0 Å². The topological polar surface area (TPSA) is 55.0 Å². The number of nitriles is 1. The quantitative estimate of drug-likeness (QED) is 0.736. The van der Waals surface area contributed by atoms with Gasteiger partial charge in [0.2, 0.25) is 0 Å². The number of hydrogen-bond acceptors (Lipinski definition) is 3. The van der Waals surface area contributed by atoms with Crippen LogP contribution >= 0.6 is 0 Å². The van der Waals surface area contributed by atoms with Crippen molar-refractivity contribution in [2.24, 2.45) is 0 Å². The molecule has 0 atom stereocenters. The minimum Gasteiger partial charge on any atom is -0.488 e. The van der Waals surface area contributed by atoms with Gasteiger partial charge in [0.1, 0.15) is 0 Å². The zero-order valence-electron chi connectivity index (χ0n) is 12.8. The Morgan fingerprint density at radius 3 is 2.64 bits per heavy atom. The van der Waals surface area contributed by atoms with Gasteiger partial charge < -0.3 is 9.30 Å². The molecule has 0 N–H and O–H groups in total. The predicted molar refractivity (Wildman–Crippen MR) is 86.0 cm³/mol. The van der Waals surface area contributed by atoms with Crippen LogP contribution in [-0.4, -0.2) is 11.2 Å². The van der Waals surface area contributed by atoms with E-state index in [4.69, 9.17) is 10.00 Å². The Labute approximate surface area is 130 Å². The zero-order valence-corrected chi connectivity index (χ0v) is 12.8. The summed E-state index contributed by atoms with van der Waals surface area (Å²) in [6.45, 7) is 3.17. The molecule has 1 heterocycles. The lowest BCUT2D eigenvalue weighted by molar-refractivity contribution is 0.300. The van der Waals surface area contributed by atoms with E-state index >= 15 is 0 Å². The first-order valence-corrected chi connectivity index (χ1v) is 7.56. The van der Waals surface area contributed by atoms with Gasteiger partial charge in [-0.05, 0) is 36.2 Å². The normalized spacial score (nSPS) is 10.2. The summed E-state index contributed by atoms with van der Waals surface area (Å²) in [6, 6.07) is 12.8. The fourth-order valence-corrected chi connectivity index (χ4v) is 2.16. The molecule has 0 radical (unpaired) electrons. The Morgan fingerprint density at radius 2 is 1.95 bits per heavy atom. The van der Waals surface area contributed by atoms with Crippen molar-refractivity contribution in [1.82, 2.24) is 4.57 Å². The first-order chi connectivity index (χ1) is 10.7. The van der Waals surface area contributed by atoms with Gasteiger partial charge in [0.25, 0.3) is 5.56 Å². The van der Waals surface area contributed by atoms with Crippen LogP contribution in [0.3, 0.4) is 0 Å². The number of unbranched alkanes of at least 4 members (excludes halogenated alkanes) is 2. The van der Waals surface area contributed by atoms with E-state index in [9.17, 15) is 4.79 Å². The number of pyridine rings is 1. The van der Waals surface area contributed by atoms with Crippen LogP contribution in [0, 0.1) is 11.3 Å². The summed E-state index contributed by atoms with van der Waals surface area (Å²) >= 11 is 0. The second kappa shape index (κ2) is 8.04. The lowest BCUT2D eigenvalue weighted by Gasteiger charge is -2.09. The molecule has 0 fully saturated rings. The van der Waals surface area contributed by atoms with Crippen LogP contribution in [0.5, 0.6) is 5.75 Å². The number of nitrogens with zero attached hydrogens (tertiary/aromatic N) is 2. The highest BCUT2D eigenvalue weighted by Crippen LogP contribution is 2.08. The minimum atomic E-state index is -0.122. The predicted octanol–water partition coefficient (Wildman–Crippen LogP) is 3.34. The second-order valence-corrected chi connectivity index (χ2v) is 5.17. The number of ether oxygens (including phenoxy) is 1. The van der Waals surface area contributed by atoms with Crippen molar-refractivity contribution in [3.63, 3.8) is 0 Å². The van der Waals surface area contributed by atoms with E-state index in [2.05, 4.69) is 13.0 Å². The Morgan fingerprint density at radius 1 is 1.18 bits per heavy atom. The molecule has 22 heavy (non-hydrogen) atoms. The van der Waals surface area contributed by atoms with E-state index in [-0.39, 0.29) is 5.56 Å². The van der Waals surface area contributed by atoms with Gasteiger partial charge in [-0.1, -0.05) is 31.9 Å². The van der Waals surface area contributed by atoms with Gasteiger partial charge in [0, 0.05) is 6.20 Å². The number of aromatic nitrogens is 1. The van der Waals surface area contributed by atoms with Gasteiger partial charge in [0.05, 0.1) is 24.8 Å². The molecule has 0 saturated carbocycles. The molecule has 114 valence electrons. The number of hydrogen-bond donors (Lipinski definition) is 0. The first kappa shape index (κ1) is 15.8. The van der Waals surface area contributed by atoms with Gasteiger partial charge in [-0.15, -0.1) is 0 Å². The molecular weight excluding hydrogens is 276 g/mol. The molecule has 0 spiro atoms. The molecular formula is C18H20N2O2. The summed E-state index contributed by atoms with van der Waals surface area (Å²) in [5.74, 6) is 0.396. The van der Waals surface area contributed by atoms with Crippen molar-refractivity contribution in [2.75, 3.05) is 6.61 Å². The van der Waals surface area contributed by atoms with E-state index in [0.717, 1.165) is 24.8 Å². The van der Waals surface area contributed by atoms with E-state index in [1.807, 2.05) is 18.2 Å². The summed E-state index contributed by atoms with van der Waals surface area (Å²) in [7, 11) is 0. The summed E-state index contributed by atoms with van der Waals surface area (Å²) in [6.07, 6.45) is 4.94. The number of benzene rings is 1. The van der Waals surface area contributed by atoms with Crippen LogP contribution in [0.2, 0.25) is 0 Å². The largest absolute Gasteiger partial charge is 0.488 e. The molecule has 0 aliphatic carbocycles. The third kappa shape index (κ3) is 4.23. The molecule has 1 aromatic heterocycles. The summed E-state index contributed by atoms with van der Waals surface area (Å²) < 4.78 is 7.20. The van der Waals surface area contributed by atoms with Crippen molar-refractivity contribution in [2.45, 2.75) is 32.7 Å². The van der Waals surface area contributed by atoms with E-state index in [1.54, 1.807) is 29.0 Å². The third-order valence-corrected chi connectivity index (χ3v) is 3.43. The highest BCUT2D eigenvalue weighted by molar-refractivity contribution is 5.32. The van der Waals surface area contributed by atoms with E-state index in [0.29, 0.717) is 24.5 Å². The highest BCUT2D eigenvalue weighted by atomic mass is 16.5. The third-order valence-electron chi connectivity index (χ3n) is 3.43. The molecule has 0 amide bonds. The minimum absolute atomic E-state index is 0.122. The van der Waals surface area contributed by atoms with Gasteiger partial charge in [-0.2, -0.15) is 5.26 Å². The molecule has 1 aromatic carbocycles. The smallest absolute Gasteiger partial charge is 0.293 e. The highest BCUT2D eigenvalue weighted by Gasteiger charge is 2.05. The van der Waals surface area contributed by atoms with Gasteiger partial charge in [-0.3, -0.25) is 4.79 Å². The van der Waals surface area contributed by atoms with Crippen LogP contribution in [-0.2, 0) is 6.54 Å². The fraction of sp³-hybridized carbons (Fsp3) is 0.333. The molecule has 0 aliphatic rings. The van der Waals surface area contributed by atoms with Crippen LogP contribution in [0.15, 0.2) is 47.4 Å². The van der Waals surface area contributed by atoms with Gasteiger partial charge in [-0.25, -0.2) is 0 Å². The lowest BCUT2D eigenvalue weighted by atomic mass is 10.1. The molecule has 4 heteroatoms. The molecule has 4 nitrogen and oxygen atoms in total. The van der Waals surface area contributed by atoms with Crippen molar-refractivity contribution in [3.05, 3.63) is 64.1 Å². The Bertz CT molecular complexity index is 696. The van der Waals surface area contributed by atoms with Crippen molar-refractivity contribution in [1.29, 1.82) is 5.26 Å². The first-order valence-electron chi connectivity index (χ1n) is 7.56. The van der Waals surface area contributed by atoms with Crippen molar-refractivity contribution >= 4 is 0 Å². The summed E-state index contributed by atoms with van der Waals surface area (Å²) in [5, 5.41) is 8.80. The maximum absolute atomic E-state index is 12.3. The summed E-state index contributed by atoms with van der Waals surface area (Å²) in [5.41, 5.74) is 1.47. The van der Waals surface area contributed by atoms with Gasteiger partial charge in [0.15, 0.2) is 5.75 Å². The second-order valence-electron chi connectivity index (χ2n) is 5.17. The van der Waals surface area contributed by atoms with E-state index in [1.165, 1.54) is 0 Å². The zero-order chi connectivity index (χ0) is 15.8. The van der Waals surface area contributed by atoms with Crippen LogP contribution in [0.4, 0.5) is 0 Å². The molecule has 2 rings (SSSR count). The average Bonchev–Trinajstić information content (AvgIpc) is 2.55. The molecule has 0 aliphatic heterocycles. The van der Waals surface area contributed by atoms with Crippen molar-refractivity contribution < 1.29 is 4.74 Å². The Hall–Kier alpha value is -2.54. The monoisotopic (exact) mass is 296 g/mol. The van der Waals surface area contributed by atoms with Crippen LogP contribution in [0.1, 0.15) is 37.3 Å². The maximum atomic E-state index is 12.3. The maximum Gasteiger partial charge on any atom is 0.293 e. The molecule has 2 aromatic rings. The van der Waals surface area contributed by atoms with Crippen LogP contribution < -0.4 is 10.3 Å². The fourth-order valence-electron chi connectivity index (χ4n) is 2.16. The Balaban J connectivity index is 2.07. The summed E-state index contributed by atoms with van der Waals surface area (Å²) in [4.78, 5) is 12.3. The SMILES string of the molecule is CCCCCOc1cccn(Cc2ccc(C#N)cc2)c1=O. The standard InChI is InChI=1S/C18H20N2O2/c1-2-3-4-12-22-17-6-5-11-20(18(17)21)14-16-9-7-15(13-19)8-10-16/h5-11H,2-4,12,14H2,1H3. The van der Waals surface area contributed by atoms with E-state index < -0.39 is 0 Å². The average molecular weight is 296 g/mol. The molecule has 0 unspecified atom stereocenters. The number of rotatable bonds is 7. The van der Waals surface area contributed by atoms with Crippen molar-refractivity contribution in [3.8, 4) is 11.8 Å². The lowest BCUT2D eigenvalue weighted by Crippen LogP contribution is -2.22. The Kier molecular flexibility index (Phi) is 5.79. The molecule has 0 saturated heterocycles.